The number of hydrogen-bond donors (Lipinski definition) is 1. The van der Waals surface area contributed by atoms with Gasteiger partial charge in [-0.1, -0.05) is 47.0 Å². The minimum Gasteiger partial charge on any atom is -0.481 e. The van der Waals surface area contributed by atoms with E-state index in [9.17, 15) is 34.9 Å². The molecule has 0 aromatic heterocycles. The molecule has 2 heterocycles. The topological polar surface area (TPSA) is 145 Å². The van der Waals surface area contributed by atoms with Crippen molar-refractivity contribution in [2.75, 3.05) is 18.0 Å². The monoisotopic (exact) mass is 562 g/mol. The second-order valence-electron chi connectivity index (χ2n) is 11.1. The van der Waals surface area contributed by atoms with Gasteiger partial charge in [-0.3, -0.25) is 29.4 Å². The number of aliphatic carboxylic acids is 1. The summed E-state index contributed by atoms with van der Waals surface area (Å²) in [6.07, 6.45) is 7.32. The van der Waals surface area contributed by atoms with Gasteiger partial charge in [0.05, 0.1) is 4.92 Å². The van der Waals surface area contributed by atoms with Crippen LogP contribution in [-0.2, 0) is 19.8 Å². The lowest BCUT2D eigenvalue weighted by atomic mass is 9.83. The van der Waals surface area contributed by atoms with E-state index in [-0.39, 0.29) is 35.7 Å². The molecule has 0 radical (unpaired) electrons. The molecule has 0 bridgehead atoms. The minimum absolute atomic E-state index is 0.0484. The van der Waals surface area contributed by atoms with Crippen LogP contribution in [0, 0.1) is 27.4 Å². The highest BCUT2D eigenvalue weighted by Gasteiger charge is 2.41. The van der Waals surface area contributed by atoms with Crippen molar-refractivity contribution in [3.8, 4) is 6.07 Å². The number of nitro groups is 1. The zero-order valence-electron chi connectivity index (χ0n) is 24.4. The Balaban J connectivity index is 2.10. The third-order valence-corrected chi connectivity index (χ3v) is 8.08. The molecule has 0 fully saturated rings. The van der Waals surface area contributed by atoms with Crippen LogP contribution in [0.3, 0.4) is 0 Å². The van der Waals surface area contributed by atoms with E-state index in [1.165, 1.54) is 17.0 Å². The molecule has 1 N–H and O–H groups in total. The first-order chi connectivity index (χ1) is 19.4. The smallest absolute Gasteiger partial charge is 0.303 e. The first kappa shape index (κ1) is 31.3. The molecule has 0 spiro atoms. The number of carboxylic acids is 1. The zero-order chi connectivity index (χ0) is 30.5. The number of allylic oxidation sites excluding steroid dienone is 3. The van der Waals surface area contributed by atoms with E-state index in [1.54, 1.807) is 25.1 Å². The lowest BCUT2D eigenvalue weighted by molar-refractivity contribution is -0.384. The Bertz CT molecular complexity index is 1380. The highest BCUT2D eigenvalue weighted by molar-refractivity contribution is 6.18. The van der Waals surface area contributed by atoms with Crippen molar-refractivity contribution < 1.29 is 24.4 Å². The highest BCUT2D eigenvalue weighted by Crippen LogP contribution is 2.49. The predicted octanol–water partition coefficient (Wildman–Crippen LogP) is 5.79. The van der Waals surface area contributed by atoms with Gasteiger partial charge in [0.25, 0.3) is 17.5 Å². The number of non-ortho nitro benzene ring substituents is 1. The van der Waals surface area contributed by atoms with Crippen LogP contribution in [0.2, 0.25) is 0 Å². The van der Waals surface area contributed by atoms with Gasteiger partial charge in [-0.15, -0.1) is 0 Å². The van der Waals surface area contributed by atoms with Gasteiger partial charge < -0.3 is 10.0 Å². The summed E-state index contributed by atoms with van der Waals surface area (Å²) in [5.74, 6) is -1.83. The molecule has 1 aromatic rings. The van der Waals surface area contributed by atoms with Crippen LogP contribution < -0.4 is 4.90 Å². The van der Waals surface area contributed by atoms with E-state index in [0.717, 1.165) is 37.1 Å². The van der Waals surface area contributed by atoms with Gasteiger partial charge in [0, 0.05) is 54.0 Å². The fourth-order valence-corrected chi connectivity index (χ4v) is 5.57. The number of rotatable bonds is 12. The number of anilines is 1. The Morgan fingerprint density at radius 2 is 1.88 bits per heavy atom. The van der Waals surface area contributed by atoms with Crippen LogP contribution in [-0.4, -0.2) is 45.8 Å². The van der Waals surface area contributed by atoms with Gasteiger partial charge in [0.1, 0.15) is 11.6 Å². The van der Waals surface area contributed by atoms with Gasteiger partial charge >= 0.3 is 5.97 Å². The summed E-state index contributed by atoms with van der Waals surface area (Å²) >= 11 is 0. The molecule has 0 saturated carbocycles. The van der Waals surface area contributed by atoms with Gasteiger partial charge in [0.15, 0.2) is 0 Å². The molecule has 0 saturated heterocycles. The summed E-state index contributed by atoms with van der Waals surface area (Å²) in [5.41, 5.74) is 1.88. The van der Waals surface area contributed by atoms with E-state index in [0.29, 0.717) is 24.1 Å². The average molecular weight is 563 g/mol. The number of hydrogen-bond acceptors (Lipinski definition) is 7. The number of unbranched alkanes of at least 4 members (excludes halogenated alkanes) is 1. The number of carbonyl (C=O) groups is 3. The first-order valence-corrected chi connectivity index (χ1v) is 14.1. The van der Waals surface area contributed by atoms with Crippen molar-refractivity contribution in [1.29, 1.82) is 5.26 Å². The number of fused-ring (bicyclic) bond motifs is 1. The van der Waals surface area contributed by atoms with Crippen molar-refractivity contribution >= 4 is 29.2 Å². The molecule has 0 aliphatic carbocycles. The van der Waals surface area contributed by atoms with Gasteiger partial charge in [-0.2, -0.15) is 5.26 Å². The molecule has 10 nitrogen and oxygen atoms in total. The second-order valence-corrected chi connectivity index (χ2v) is 11.1. The van der Waals surface area contributed by atoms with E-state index >= 15 is 0 Å². The lowest BCUT2D eigenvalue weighted by Gasteiger charge is -2.30. The Morgan fingerprint density at radius 3 is 2.46 bits per heavy atom. The van der Waals surface area contributed by atoms with Crippen LogP contribution in [0.15, 0.2) is 52.8 Å². The number of amides is 2. The van der Waals surface area contributed by atoms with Crippen molar-refractivity contribution in [3.05, 3.63) is 68.4 Å². The van der Waals surface area contributed by atoms with Crippen molar-refractivity contribution in [2.45, 2.75) is 78.6 Å². The maximum atomic E-state index is 13.7. The van der Waals surface area contributed by atoms with E-state index in [1.807, 2.05) is 31.7 Å². The third-order valence-electron chi connectivity index (χ3n) is 8.08. The van der Waals surface area contributed by atoms with Crippen LogP contribution in [0.25, 0.3) is 0 Å². The third kappa shape index (κ3) is 6.40. The maximum Gasteiger partial charge on any atom is 0.303 e. The molecule has 10 heteroatoms. The normalized spacial score (nSPS) is 19.1. The molecular formula is C31H38N4O6. The Kier molecular flexibility index (Phi) is 9.87. The zero-order valence-corrected chi connectivity index (χ0v) is 24.4. The quantitative estimate of drug-likeness (QED) is 0.146. The molecule has 41 heavy (non-hydrogen) atoms. The number of benzene rings is 1. The summed E-state index contributed by atoms with van der Waals surface area (Å²) in [6.45, 7) is 10.1. The summed E-state index contributed by atoms with van der Waals surface area (Å²) in [6, 6.07) is 6.60. The van der Waals surface area contributed by atoms with Gasteiger partial charge in [-0.25, -0.2) is 0 Å². The molecule has 218 valence electrons. The molecule has 2 aliphatic heterocycles. The van der Waals surface area contributed by atoms with E-state index in [2.05, 4.69) is 6.92 Å². The summed E-state index contributed by atoms with van der Waals surface area (Å²) < 4.78 is 0. The lowest BCUT2D eigenvalue weighted by Crippen LogP contribution is -2.45. The Hall–Kier alpha value is -4.26. The van der Waals surface area contributed by atoms with E-state index in [4.69, 9.17) is 0 Å². The fraction of sp³-hybridized carbons (Fsp3) is 0.484. The molecular weight excluding hydrogens is 524 g/mol. The minimum atomic E-state index is -0.924. The molecule has 2 amide bonds. The molecule has 2 aliphatic rings. The van der Waals surface area contributed by atoms with Crippen LogP contribution >= 0.6 is 0 Å². The second kappa shape index (κ2) is 12.9. The van der Waals surface area contributed by atoms with Crippen molar-refractivity contribution in [3.63, 3.8) is 0 Å². The number of nitriles is 1. The first-order valence-electron chi connectivity index (χ1n) is 14.1. The largest absolute Gasteiger partial charge is 0.481 e. The van der Waals surface area contributed by atoms with Crippen LogP contribution in [0.4, 0.5) is 11.4 Å². The molecule has 1 unspecified atom stereocenters. The SMILES string of the molecule is CCCCC(CC)CN1C(=O)C(C#N)=C(C)/C(=C/C=C2/N(CCCC(=O)O)c3ccc([N+](=O)[O-])cc3C2(C)C)C1=O. The highest BCUT2D eigenvalue weighted by atomic mass is 16.6. The number of carbonyl (C=O) groups excluding carboxylic acids is 2. The predicted molar refractivity (Wildman–Crippen MR) is 155 cm³/mol. The van der Waals surface area contributed by atoms with Gasteiger partial charge in [0.2, 0.25) is 0 Å². The number of imide groups is 1. The Labute approximate surface area is 240 Å². The summed E-state index contributed by atoms with van der Waals surface area (Å²) in [4.78, 5) is 52.2. The number of carboxylic acid groups (broad SMARTS) is 1. The molecule has 1 atom stereocenters. The average Bonchev–Trinajstić information content (AvgIpc) is 3.13. The van der Waals surface area contributed by atoms with E-state index < -0.39 is 28.1 Å². The molecule has 1 aromatic carbocycles. The number of nitrogens with zero attached hydrogens (tertiary/aromatic N) is 4. The van der Waals surface area contributed by atoms with Crippen LogP contribution in [0.1, 0.15) is 78.7 Å². The van der Waals surface area contributed by atoms with Crippen molar-refractivity contribution in [1.82, 2.24) is 4.90 Å². The molecule has 3 rings (SSSR count). The standard InChI is InChI=1S/C31H38N4O6/c1-6-8-10-21(7-2)19-34-29(38)23(20(3)24(18-32)30(34)39)13-15-27-31(4,5)25-17-22(35(40)41)12-14-26(25)33(27)16-9-11-28(36)37/h12-15,17,21H,6-11,16,19H2,1-5H3,(H,36,37)/b23-13-,27-15+. The maximum absolute atomic E-state index is 13.7. The van der Waals surface area contributed by atoms with Gasteiger partial charge in [-0.05, 0) is 55.0 Å². The van der Waals surface area contributed by atoms with Crippen LogP contribution in [0.5, 0.6) is 0 Å². The fourth-order valence-electron chi connectivity index (χ4n) is 5.57. The summed E-state index contributed by atoms with van der Waals surface area (Å²) in [5, 5.41) is 30.5. The van der Waals surface area contributed by atoms with Crippen molar-refractivity contribution in [2.24, 2.45) is 5.92 Å². The number of nitro benzene ring substituents is 1. The Morgan fingerprint density at radius 1 is 1.17 bits per heavy atom. The summed E-state index contributed by atoms with van der Waals surface area (Å²) in [7, 11) is 0.